The lowest BCUT2D eigenvalue weighted by atomic mass is 10.00. The van der Waals surface area contributed by atoms with E-state index in [9.17, 15) is 0 Å². The van der Waals surface area contributed by atoms with Crippen molar-refractivity contribution in [1.29, 1.82) is 0 Å². The molecule has 0 heterocycles. The molecule has 12 heavy (non-hydrogen) atoms. The first-order chi connectivity index (χ1) is 5.63. The van der Waals surface area contributed by atoms with Crippen molar-refractivity contribution in [3.05, 3.63) is 0 Å². The lowest BCUT2D eigenvalue weighted by molar-refractivity contribution is 0.495. The molecular weight excluding hydrogens is 204 g/mol. The highest BCUT2D eigenvalue weighted by atomic mass is 32.1. The van der Waals surface area contributed by atoms with Crippen molar-refractivity contribution < 1.29 is 0 Å². The second kappa shape index (κ2) is 4.52. The van der Waals surface area contributed by atoms with Gasteiger partial charge in [-0.15, -0.1) is 0 Å². The maximum absolute atomic E-state index is 4.66. The largest absolute Gasteiger partial charge is 0.175 e. The van der Waals surface area contributed by atoms with E-state index in [1.54, 1.807) is 0 Å². The van der Waals surface area contributed by atoms with Crippen molar-refractivity contribution >= 4 is 37.9 Å². The van der Waals surface area contributed by atoms with Crippen LogP contribution in [0, 0.1) is 11.8 Å². The second-order valence-corrected chi connectivity index (χ2v) is 5.40. The Balaban J connectivity index is 2.71. The van der Waals surface area contributed by atoms with Crippen LogP contribution in [0.5, 0.6) is 0 Å². The molecule has 1 saturated carbocycles. The van der Waals surface area contributed by atoms with Gasteiger partial charge in [0.1, 0.15) is 0 Å². The molecule has 4 atom stereocenters. The van der Waals surface area contributed by atoms with Crippen molar-refractivity contribution in [1.82, 2.24) is 0 Å². The Bertz CT molecular complexity index is 133. The summed E-state index contributed by atoms with van der Waals surface area (Å²) in [5, 5.41) is 1.38. The number of hydrogen-bond acceptors (Lipinski definition) is 3. The lowest BCUT2D eigenvalue weighted by Crippen LogP contribution is -2.17. The van der Waals surface area contributed by atoms with Gasteiger partial charge in [-0.1, -0.05) is 26.7 Å². The summed E-state index contributed by atoms with van der Waals surface area (Å²) in [6.45, 7) is 4.44. The van der Waals surface area contributed by atoms with Crippen LogP contribution in [0.25, 0.3) is 0 Å². The molecule has 3 heteroatoms. The molecular formula is C9H18S3. The van der Waals surface area contributed by atoms with E-state index in [1.165, 1.54) is 12.8 Å². The van der Waals surface area contributed by atoms with E-state index in [-0.39, 0.29) is 0 Å². The highest BCUT2D eigenvalue weighted by Gasteiger charge is 2.43. The van der Waals surface area contributed by atoms with Gasteiger partial charge in [-0.2, -0.15) is 37.9 Å². The van der Waals surface area contributed by atoms with Gasteiger partial charge in [0.05, 0.1) is 0 Å². The lowest BCUT2D eigenvalue weighted by Gasteiger charge is -2.18. The van der Waals surface area contributed by atoms with Crippen LogP contribution >= 0.6 is 37.9 Å². The van der Waals surface area contributed by atoms with Crippen molar-refractivity contribution in [3.63, 3.8) is 0 Å². The summed E-state index contributed by atoms with van der Waals surface area (Å²) < 4.78 is 0. The molecule has 0 radical (unpaired) electrons. The molecule has 0 bridgehead atoms. The summed E-state index contributed by atoms with van der Waals surface area (Å²) in [6, 6.07) is 0. The van der Waals surface area contributed by atoms with Crippen molar-refractivity contribution in [2.24, 2.45) is 11.8 Å². The molecule has 1 aliphatic carbocycles. The zero-order valence-corrected chi connectivity index (χ0v) is 10.3. The van der Waals surface area contributed by atoms with Crippen molar-refractivity contribution in [3.8, 4) is 0 Å². The van der Waals surface area contributed by atoms with Gasteiger partial charge in [0.15, 0.2) is 0 Å². The van der Waals surface area contributed by atoms with Gasteiger partial charge in [-0.05, 0) is 11.8 Å². The molecule has 0 spiro atoms. The van der Waals surface area contributed by atoms with Crippen LogP contribution in [0.2, 0.25) is 0 Å². The SMILES string of the molecule is CCC1C(S)C(S)C(CC)C1S. The quantitative estimate of drug-likeness (QED) is 0.588. The minimum absolute atomic E-state index is 0.436. The minimum atomic E-state index is 0.436. The normalized spacial score (nSPS) is 48.2. The van der Waals surface area contributed by atoms with E-state index < -0.39 is 0 Å². The van der Waals surface area contributed by atoms with Crippen molar-refractivity contribution in [2.75, 3.05) is 0 Å². The van der Waals surface area contributed by atoms with Crippen LogP contribution in [0.3, 0.4) is 0 Å². The van der Waals surface area contributed by atoms with Gasteiger partial charge in [0.2, 0.25) is 0 Å². The summed E-state index contributed by atoms with van der Waals surface area (Å²) in [5.74, 6) is 1.29. The maximum atomic E-state index is 4.66. The first kappa shape index (κ1) is 11.1. The van der Waals surface area contributed by atoms with Gasteiger partial charge >= 0.3 is 0 Å². The highest BCUT2D eigenvalue weighted by molar-refractivity contribution is 7.85. The summed E-state index contributed by atoms with van der Waals surface area (Å²) >= 11 is 13.9. The Morgan fingerprint density at radius 2 is 1.08 bits per heavy atom. The fourth-order valence-corrected chi connectivity index (χ4v) is 4.49. The molecule has 1 fully saturated rings. The van der Waals surface area contributed by atoms with Crippen LogP contribution in [-0.4, -0.2) is 15.7 Å². The molecule has 1 aliphatic rings. The van der Waals surface area contributed by atoms with Gasteiger partial charge in [0, 0.05) is 15.7 Å². The molecule has 1 rings (SSSR count). The van der Waals surface area contributed by atoms with Crippen LogP contribution in [0.15, 0.2) is 0 Å². The molecule has 0 aromatic heterocycles. The predicted molar refractivity (Wildman–Crippen MR) is 65.9 cm³/mol. The fraction of sp³-hybridized carbons (Fsp3) is 1.00. The molecule has 0 saturated heterocycles. The monoisotopic (exact) mass is 222 g/mol. The third-order valence-electron chi connectivity index (χ3n) is 3.05. The Morgan fingerprint density at radius 1 is 0.750 bits per heavy atom. The standard InChI is InChI=1S/C9H18S3/c1-3-5-7(10)6(4-2)9(12)8(5)11/h5-12H,3-4H2,1-2H3. The summed E-state index contributed by atoms with van der Waals surface area (Å²) in [7, 11) is 0. The molecule has 0 aromatic carbocycles. The summed E-state index contributed by atoms with van der Waals surface area (Å²) in [4.78, 5) is 0. The Kier molecular flexibility index (Phi) is 4.19. The second-order valence-electron chi connectivity index (χ2n) is 3.62. The van der Waals surface area contributed by atoms with E-state index in [1.807, 2.05) is 0 Å². The summed E-state index contributed by atoms with van der Waals surface area (Å²) in [5.41, 5.74) is 0. The average molecular weight is 222 g/mol. The van der Waals surface area contributed by atoms with Crippen LogP contribution < -0.4 is 0 Å². The predicted octanol–water partition coefficient (Wildman–Crippen LogP) is 2.95. The van der Waals surface area contributed by atoms with E-state index in [0.717, 1.165) is 0 Å². The fourth-order valence-electron chi connectivity index (χ4n) is 2.19. The molecule has 0 aromatic rings. The van der Waals surface area contributed by atoms with Gasteiger partial charge < -0.3 is 0 Å². The van der Waals surface area contributed by atoms with Crippen molar-refractivity contribution in [2.45, 2.75) is 42.4 Å². The first-order valence-electron chi connectivity index (χ1n) is 4.67. The van der Waals surface area contributed by atoms with Gasteiger partial charge in [-0.25, -0.2) is 0 Å². The van der Waals surface area contributed by atoms with Gasteiger partial charge in [0.25, 0.3) is 0 Å². The van der Waals surface area contributed by atoms with E-state index in [2.05, 4.69) is 51.7 Å². The number of rotatable bonds is 2. The van der Waals surface area contributed by atoms with Crippen LogP contribution in [0.1, 0.15) is 26.7 Å². The highest BCUT2D eigenvalue weighted by Crippen LogP contribution is 2.44. The van der Waals surface area contributed by atoms with E-state index in [4.69, 9.17) is 0 Å². The van der Waals surface area contributed by atoms with Crippen LogP contribution in [-0.2, 0) is 0 Å². The zero-order chi connectivity index (χ0) is 9.30. The Labute approximate surface area is 92.1 Å². The topological polar surface area (TPSA) is 0 Å². The number of thiol groups is 3. The first-order valence-corrected chi connectivity index (χ1v) is 6.22. The molecule has 0 aliphatic heterocycles. The Hall–Kier alpha value is 1.05. The zero-order valence-electron chi connectivity index (χ0n) is 7.64. The summed E-state index contributed by atoms with van der Waals surface area (Å²) in [6.07, 6.45) is 2.35. The number of hydrogen-bond donors (Lipinski definition) is 3. The van der Waals surface area contributed by atoms with E-state index >= 15 is 0 Å². The smallest absolute Gasteiger partial charge is 0.0175 e. The molecule has 4 unspecified atom stereocenters. The van der Waals surface area contributed by atoms with Gasteiger partial charge in [-0.3, -0.25) is 0 Å². The van der Waals surface area contributed by atoms with Crippen LogP contribution in [0.4, 0.5) is 0 Å². The third kappa shape index (κ3) is 1.78. The van der Waals surface area contributed by atoms with E-state index in [0.29, 0.717) is 27.6 Å². The average Bonchev–Trinajstić information content (AvgIpc) is 2.25. The Morgan fingerprint density at radius 3 is 1.25 bits per heavy atom. The molecule has 72 valence electrons. The molecule has 0 nitrogen and oxygen atoms in total. The maximum Gasteiger partial charge on any atom is 0.0175 e. The molecule has 0 N–H and O–H groups in total. The minimum Gasteiger partial charge on any atom is -0.175 e. The molecule has 0 amide bonds. The third-order valence-corrected chi connectivity index (χ3v) is 5.46.